The summed E-state index contributed by atoms with van der Waals surface area (Å²) in [6, 6.07) is 5.19. The molecule has 1 aliphatic rings. The number of H-pyrrole nitrogens is 1. The number of pyridine rings is 2. The highest BCUT2D eigenvalue weighted by molar-refractivity contribution is 5.75. The smallest absolute Gasteiger partial charge is 0.393 e. The van der Waals surface area contributed by atoms with Gasteiger partial charge in [0.2, 0.25) is 0 Å². The topological polar surface area (TPSA) is 96.3 Å². The molecule has 0 saturated carbocycles. The zero-order valence-corrected chi connectivity index (χ0v) is 17.7. The van der Waals surface area contributed by atoms with Gasteiger partial charge in [-0.25, -0.2) is 9.50 Å². The molecule has 5 rings (SSSR count). The van der Waals surface area contributed by atoms with E-state index in [0.29, 0.717) is 22.7 Å². The molecule has 4 aromatic rings. The molecule has 0 aliphatic carbocycles. The summed E-state index contributed by atoms with van der Waals surface area (Å²) < 4.78 is 47.4. The van der Waals surface area contributed by atoms with Gasteiger partial charge in [0.1, 0.15) is 6.33 Å². The average molecular weight is 458 g/mol. The molecule has 0 aromatic carbocycles. The number of hydrogen-bond donors (Lipinski definition) is 2. The Morgan fingerprint density at radius 1 is 1.15 bits per heavy atom. The van der Waals surface area contributed by atoms with Crippen LogP contribution in [0.1, 0.15) is 5.56 Å². The molecule has 1 aliphatic heterocycles. The largest absolute Gasteiger partial charge is 0.493 e. The first-order chi connectivity index (χ1) is 15.9. The van der Waals surface area contributed by atoms with Crippen molar-refractivity contribution in [2.45, 2.75) is 12.6 Å². The second-order valence-electron chi connectivity index (χ2n) is 7.68. The van der Waals surface area contributed by atoms with Crippen molar-refractivity contribution in [2.24, 2.45) is 0 Å². The molecule has 0 spiro atoms. The van der Waals surface area contributed by atoms with Crippen molar-refractivity contribution in [1.29, 1.82) is 0 Å². The molecule has 2 N–H and O–H groups in total. The first-order valence-electron chi connectivity index (χ1n) is 10.4. The van der Waals surface area contributed by atoms with E-state index in [9.17, 15) is 13.2 Å². The molecule has 12 heteroatoms. The molecule has 0 atom stereocenters. The Labute approximate surface area is 186 Å². The number of rotatable bonds is 5. The summed E-state index contributed by atoms with van der Waals surface area (Å²) in [7, 11) is 1.46. The van der Waals surface area contributed by atoms with Crippen molar-refractivity contribution in [3.63, 3.8) is 0 Å². The number of nitrogens with zero attached hydrogens (tertiary/aromatic N) is 6. The summed E-state index contributed by atoms with van der Waals surface area (Å²) in [5.74, 6) is 0.381. The van der Waals surface area contributed by atoms with E-state index in [4.69, 9.17) is 4.74 Å². The number of anilines is 1. The maximum Gasteiger partial charge on any atom is 0.393 e. The zero-order chi connectivity index (χ0) is 23.0. The Kier molecular flexibility index (Phi) is 5.36. The van der Waals surface area contributed by atoms with Crippen LogP contribution in [0, 0.1) is 0 Å². The monoisotopic (exact) mass is 458 g/mol. The van der Waals surface area contributed by atoms with E-state index in [1.165, 1.54) is 18.0 Å². The van der Waals surface area contributed by atoms with E-state index in [1.807, 2.05) is 6.07 Å². The fourth-order valence-corrected chi connectivity index (χ4v) is 4.01. The lowest BCUT2D eigenvalue weighted by Crippen LogP contribution is -2.43. The van der Waals surface area contributed by atoms with Crippen LogP contribution in [0.15, 0.2) is 36.9 Å². The van der Waals surface area contributed by atoms with Crippen molar-refractivity contribution >= 4 is 11.3 Å². The molecule has 0 unspecified atom stereocenters. The van der Waals surface area contributed by atoms with Gasteiger partial charge in [-0.3, -0.25) is 10.1 Å². The van der Waals surface area contributed by atoms with Gasteiger partial charge in [0.05, 0.1) is 42.5 Å². The quantitative estimate of drug-likeness (QED) is 0.475. The number of ether oxygens (including phenoxy) is 1. The molecule has 0 amide bonds. The average Bonchev–Trinajstić information content (AvgIpc) is 3.45. The molecule has 4 aromatic heterocycles. The number of halogens is 3. The lowest BCUT2D eigenvalue weighted by molar-refractivity contribution is -0.127. The minimum Gasteiger partial charge on any atom is -0.493 e. The Balaban J connectivity index is 1.56. The fraction of sp³-hybridized carbons (Fsp3) is 0.333. The minimum atomic E-state index is -4.43. The highest BCUT2D eigenvalue weighted by Crippen LogP contribution is 2.36. The van der Waals surface area contributed by atoms with Gasteiger partial charge in [0, 0.05) is 43.5 Å². The number of piperazine rings is 1. The molecule has 5 heterocycles. The summed E-state index contributed by atoms with van der Waals surface area (Å²) in [6.45, 7) is 3.45. The molecule has 33 heavy (non-hydrogen) atoms. The van der Waals surface area contributed by atoms with Crippen LogP contribution in [0.3, 0.4) is 0 Å². The lowest BCUT2D eigenvalue weighted by Gasteiger charge is -2.29. The van der Waals surface area contributed by atoms with Crippen LogP contribution < -0.4 is 15.0 Å². The van der Waals surface area contributed by atoms with E-state index in [0.717, 1.165) is 31.9 Å². The Morgan fingerprint density at radius 3 is 2.67 bits per heavy atom. The van der Waals surface area contributed by atoms with Crippen LogP contribution in [0.5, 0.6) is 5.75 Å². The van der Waals surface area contributed by atoms with Gasteiger partial charge in [0.15, 0.2) is 11.4 Å². The molecular weight excluding hydrogens is 437 g/mol. The standard InChI is InChI=1S/C21H21F3N8O/c1-33-17-8-13(11-32-20(17)27-12-28-32)18-15(9-21(22,23)24)19(30-29-18)16-3-2-14(10-26-16)31-6-4-25-5-7-31/h2-3,8,10-12,25H,4-7,9H2,1H3,(H,29,30). The van der Waals surface area contributed by atoms with Gasteiger partial charge in [-0.05, 0) is 18.2 Å². The SMILES string of the molecule is COc1cc(-c2n[nH]c(-c3ccc(N4CCNCC4)cn3)c2CC(F)(F)F)cn2ncnc12. The zero-order valence-electron chi connectivity index (χ0n) is 17.7. The van der Waals surface area contributed by atoms with Crippen molar-refractivity contribution in [3.05, 3.63) is 42.5 Å². The van der Waals surface area contributed by atoms with Crippen LogP contribution in [0.2, 0.25) is 0 Å². The first kappa shape index (κ1) is 21.2. The van der Waals surface area contributed by atoms with E-state index < -0.39 is 12.6 Å². The maximum absolute atomic E-state index is 13.5. The molecule has 1 fully saturated rings. The highest BCUT2D eigenvalue weighted by Gasteiger charge is 2.33. The summed E-state index contributed by atoms with van der Waals surface area (Å²) in [4.78, 5) is 10.7. The minimum absolute atomic E-state index is 0.00596. The number of aromatic amines is 1. The summed E-state index contributed by atoms with van der Waals surface area (Å²) in [5, 5.41) is 14.4. The van der Waals surface area contributed by atoms with Crippen LogP contribution in [-0.2, 0) is 6.42 Å². The van der Waals surface area contributed by atoms with Crippen molar-refractivity contribution in [1.82, 2.24) is 35.1 Å². The van der Waals surface area contributed by atoms with Gasteiger partial charge in [0.25, 0.3) is 0 Å². The Morgan fingerprint density at radius 2 is 1.97 bits per heavy atom. The molecule has 9 nitrogen and oxygen atoms in total. The number of fused-ring (bicyclic) bond motifs is 1. The number of hydrogen-bond acceptors (Lipinski definition) is 7. The van der Waals surface area contributed by atoms with Gasteiger partial charge in [-0.15, -0.1) is 0 Å². The van der Waals surface area contributed by atoms with Crippen LogP contribution >= 0.6 is 0 Å². The molecular formula is C21H21F3N8O. The lowest BCUT2D eigenvalue weighted by atomic mass is 10.0. The van der Waals surface area contributed by atoms with E-state index in [-0.39, 0.29) is 17.0 Å². The second kappa shape index (κ2) is 8.35. The number of nitrogens with one attached hydrogen (secondary N) is 2. The number of alkyl halides is 3. The number of aromatic nitrogens is 6. The molecule has 0 bridgehead atoms. The van der Waals surface area contributed by atoms with E-state index >= 15 is 0 Å². The highest BCUT2D eigenvalue weighted by atomic mass is 19.4. The van der Waals surface area contributed by atoms with Crippen molar-refractivity contribution < 1.29 is 17.9 Å². The number of methoxy groups -OCH3 is 1. The summed E-state index contributed by atoms with van der Waals surface area (Å²) >= 11 is 0. The second-order valence-corrected chi connectivity index (χ2v) is 7.68. The van der Waals surface area contributed by atoms with Gasteiger partial charge < -0.3 is 15.0 Å². The van der Waals surface area contributed by atoms with E-state index in [1.54, 1.807) is 24.5 Å². The van der Waals surface area contributed by atoms with Gasteiger partial charge in [-0.1, -0.05) is 0 Å². The molecule has 1 saturated heterocycles. The molecule has 172 valence electrons. The maximum atomic E-state index is 13.5. The molecule has 0 radical (unpaired) electrons. The summed E-state index contributed by atoms with van der Waals surface area (Å²) in [6.07, 6.45) is -0.991. The fourth-order valence-electron chi connectivity index (χ4n) is 4.01. The third-order valence-corrected chi connectivity index (χ3v) is 5.57. The Bertz CT molecular complexity index is 1260. The Hall–Kier alpha value is -3.67. The normalized spacial score (nSPS) is 14.7. The van der Waals surface area contributed by atoms with E-state index in [2.05, 4.69) is 35.5 Å². The van der Waals surface area contributed by atoms with Crippen LogP contribution in [0.25, 0.3) is 28.3 Å². The summed E-state index contributed by atoms with van der Waals surface area (Å²) in [5.41, 5.74) is 2.59. The third kappa shape index (κ3) is 4.21. The predicted octanol–water partition coefficient (Wildman–Crippen LogP) is 2.70. The first-order valence-corrected chi connectivity index (χ1v) is 10.4. The van der Waals surface area contributed by atoms with Gasteiger partial charge >= 0.3 is 6.18 Å². The predicted molar refractivity (Wildman–Crippen MR) is 115 cm³/mol. The van der Waals surface area contributed by atoms with Crippen LogP contribution in [0.4, 0.5) is 18.9 Å². The third-order valence-electron chi connectivity index (χ3n) is 5.57. The van der Waals surface area contributed by atoms with Gasteiger partial charge in [-0.2, -0.15) is 23.4 Å². The van der Waals surface area contributed by atoms with Crippen molar-refractivity contribution in [3.8, 4) is 28.4 Å². The van der Waals surface area contributed by atoms with Crippen LogP contribution in [-0.4, -0.2) is 69.2 Å². The van der Waals surface area contributed by atoms with Crippen molar-refractivity contribution in [2.75, 3.05) is 38.2 Å².